The lowest BCUT2D eigenvalue weighted by Gasteiger charge is -2.18. The normalized spacial score (nSPS) is 14.9. The molecule has 2 N–H and O–H groups in total. The molecule has 0 fully saturated rings. The summed E-state index contributed by atoms with van der Waals surface area (Å²) in [6.07, 6.45) is 0. The molecule has 0 aromatic heterocycles. The molecule has 0 amide bonds. The lowest BCUT2D eigenvalue weighted by atomic mass is 9.99. The zero-order chi connectivity index (χ0) is 14.4. The van der Waals surface area contributed by atoms with Crippen LogP contribution in [0, 0.1) is 45.3 Å². The second kappa shape index (κ2) is 5.70. The van der Waals surface area contributed by atoms with Gasteiger partial charge in [0.15, 0.2) is 0 Å². The van der Waals surface area contributed by atoms with Crippen molar-refractivity contribution in [3.05, 3.63) is 0 Å². The van der Waals surface area contributed by atoms with E-state index in [1.165, 1.54) is 38.1 Å². The maximum absolute atomic E-state index is 9.46. The van der Waals surface area contributed by atoms with Crippen LogP contribution in [0.25, 0.3) is 0 Å². The van der Waals surface area contributed by atoms with Gasteiger partial charge < -0.3 is 10.2 Å². The van der Waals surface area contributed by atoms with Crippen LogP contribution in [-0.4, -0.2) is 33.5 Å². The first-order valence-corrected chi connectivity index (χ1v) is 4.79. The number of nitrogens with zero attached hydrogens (tertiary/aromatic N) is 6. The summed E-state index contributed by atoms with van der Waals surface area (Å²) in [5.41, 5.74) is -4.69. The highest BCUT2D eigenvalue weighted by Gasteiger charge is 2.37. The monoisotopic (exact) mass is 246 g/mol. The summed E-state index contributed by atoms with van der Waals surface area (Å²) in [5, 5.41) is 60.2. The number of rotatable bonds is 4. The predicted octanol–water partition coefficient (Wildman–Crippen LogP) is -0.228. The van der Waals surface area contributed by atoms with Crippen LogP contribution in [0.3, 0.4) is 0 Å². The van der Waals surface area contributed by atoms with Crippen molar-refractivity contribution in [2.45, 2.75) is 37.1 Å². The molecule has 0 aliphatic carbocycles. The summed E-state index contributed by atoms with van der Waals surface area (Å²) < 4.78 is 0. The van der Waals surface area contributed by atoms with Gasteiger partial charge in [-0.05, 0) is 13.8 Å². The molecule has 0 saturated heterocycles. The van der Waals surface area contributed by atoms with Gasteiger partial charge in [-0.25, -0.2) is 0 Å². The molecule has 0 spiro atoms. The van der Waals surface area contributed by atoms with E-state index in [9.17, 15) is 10.2 Å². The Kier molecular flexibility index (Phi) is 4.90. The molecule has 0 radical (unpaired) electrons. The molecule has 0 saturated carbocycles. The molecule has 0 aliphatic heterocycles. The molecule has 0 heterocycles. The average Bonchev–Trinajstić information content (AvgIpc) is 2.42. The third-order valence-electron chi connectivity index (χ3n) is 2.30. The molecule has 8 nitrogen and oxygen atoms in total. The van der Waals surface area contributed by atoms with Gasteiger partial charge in [0.05, 0.1) is 0 Å². The van der Waals surface area contributed by atoms with Gasteiger partial charge in [-0.3, -0.25) is 0 Å². The molecule has 0 aromatic rings. The van der Waals surface area contributed by atoms with Crippen LogP contribution < -0.4 is 0 Å². The van der Waals surface area contributed by atoms with E-state index >= 15 is 0 Å². The number of aliphatic hydroxyl groups is 2. The smallest absolute Gasteiger partial charge is 0.262 e. The first-order valence-electron chi connectivity index (χ1n) is 4.79. The van der Waals surface area contributed by atoms with Crippen molar-refractivity contribution in [3.8, 4) is 24.3 Å². The summed E-state index contributed by atoms with van der Waals surface area (Å²) in [6.45, 7) is 2.53. The van der Waals surface area contributed by atoms with Crippen LogP contribution in [0.2, 0.25) is 0 Å². The molecule has 0 bridgehead atoms. The van der Waals surface area contributed by atoms with Crippen LogP contribution in [0.15, 0.2) is 10.2 Å². The maximum atomic E-state index is 9.46. The number of azo groups is 1. The maximum Gasteiger partial charge on any atom is 0.262 e. The average molecular weight is 246 g/mol. The zero-order valence-electron chi connectivity index (χ0n) is 9.73. The quantitative estimate of drug-likeness (QED) is 0.514. The minimum Gasteiger partial charge on any atom is -0.362 e. The fourth-order valence-corrected chi connectivity index (χ4v) is 0.791. The third-order valence-corrected chi connectivity index (χ3v) is 2.30. The van der Waals surface area contributed by atoms with Gasteiger partial charge in [0.2, 0.25) is 0 Å². The van der Waals surface area contributed by atoms with Crippen molar-refractivity contribution < 1.29 is 10.2 Å². The summed E-state index contributed by atoms with van der Waals surface area (Å²) in [5.74, 6) is 0. The van der Waals surface area contributed by atoms with Gasteiger partial charge in [-0.1, -0.05) is 0 Å². The predicted molar refractivity (Wildman–Crippen MR) is 56.1 cm³/mol. The first kappa shape index (κ1) is 15.5. The Bertz CT molecular complexity index is 426. The lowest BCUT2D eigenvalue weighted by Crippen LogP contribution is -2.38. The van der Waals surface area contributed by atoms with Crippen molar-refractivity contribution in [1.82, 2.24) is 0 Å². The minimum atomic E-state index is -2.35. The van der Waals surface area contributed by atoms with Gasteiger partial charge in [0.25, 0.3) is 11.2 Å². The van der Waals surface area contributed by atoms with Gasteiger partial charge in [0.1, 0.15) is 36.4 Å². The van der Waals surface area contributed by atoms with E-state index in [0.29, 0.717) is 0 Å². The van der Waals surface area contributed by atoms with E-state index in [2.05, 4.69) is 10.2 Å². The van der Waals surface area contributed by atoms with Gasteiger partial charge >= 0.3 is 0 Å². The molecule has 92 valence electrons. The third kappa shape index (κ3) is 2.99. The first-order chi connectivity index (χ1) is 8.29. The van der Waals surface area contributed by atoms with Crippen molar-refractivity contribution in [2.24, 2.45) is 10.2 Å². The van der Waals surface area contributed by atoms with Crippen LogP contribution in [0.5, 0.6) is 0 Å². The largest absolute Gasteiger partial charge is 0.362 e. The Morgan fingerprint density at radius 1 is 0.778 bits per heavy atom. The van der Waals surface area contributed by atoms with Crippen LogP contribution >= 0.6 is 0 Å². The topological polar surface area (TPSA) is 160 Å². The second-order valence-corrected chi connectivity index (χ2v) is 3.56. The molecule has 18 heavy (non-hydrogen) atoms. The molecule has 0 aromatic carbocycles. The summed E-state index contributed by atoms with van der Waals surface area (Å²) in [4.78, 5) is 0. The minimum absolute atomic E-state index is 1.18. The van der Waals surface area contributed by atoms with Crippen LogP contribution in [-0.2, 0) is 0 Å². The lowest BCUT2D eigenvalue weighted by molar-refractivity contribution is 0.118. The molecular weight excluding hydrogens is 236 g/mol. The van der Waals surface area contributed by atoms with E-state index in [1.807, 2.05) is 0 Å². The van der Waals surface area contributed by atoms with Crippen molar-refractivity contribution in [1.29, 1.82) is 21.0 Å². The zero-order valence-corrected chi connectivity index (χ0v) is 9.73. The van der Waals surface area contributed by atoms with Crippen molar-refractivity contribution in [2.75, 3.05) is 0 Å². The summed E-state index contributed by atoms with van der Waals surface area (Å²) >= 11 is 0. The van der Waals surface area contributed by atoms with E-state index in [4.69, 9.17) is 21.0 Å². The summed E-state index contributed by atoms with van der Waals surface area (Å²) in [6, 6.07) is 3.10. The molecule has 0 aliphatic rings. The van der Waals surface area contributed by atoms with E-state index in [1.54, 1.807) is 0 Å². The van der Waals surface area contributed by atoms with E-state index in [-0.39, 0.29) is 0 Å². The second-order valence-electron chi connectivity index (χ2n) is 3.56. The van der Waals surface area contributed by atoms with Crippen LogP contribution in [0.4, 0.5) is 0 Å². The Balaban J connectivity index is 5.03. The van der Waals surface area contributed by atoms with Gasteiger partial charge in [-0.15, -0.1) is 0 Å². The number of nitriles is 4. The molecule has 8 heteroatoms. The van der Waals surface area contributed by atoms with Gasteiger partial charge in [-0.2, -0.15) is 31.3 Å². The Hall–Kier alpha value is -2.52. The van der Waals surface area contributed by atoms with Crippen molar-refractivity contribution >= 4 is 0 Å². The highest BCUT2D eigenvalue weighted by Crippen LogP contribution is 2.16. The fourth-order valence-electron chi connectivity index (χ4n) is 0.791. The number of hydrogen-bond donors (Lipinski definition) is 2. The molecule has 2 atom stereocenters. The highest BCUT2D eigenvalue weighted by molar-refractivity contribution is 5.22. The Morgan fingerprint density at radius 2 is 1.00 bits per heavy atom. The number of hydrogen-bond acceptors (Lipinski definition) is 8. The Labute approximate surface area is 104 Å². The van der Waals surface area contributed by atoms with E-state index < -0.39 is 23.3 Å². The van der Waals surface area contributed by atoms with Crippen LogP contribution in [0.1, 0.15) is 13.8 Å². The fraction of sp³-hybridized carbons (Fsp3) is 0.600. The van der Waals surface area contributed by atoms with Gasteiger partial charge in [0, 0.05) is 0 Å². The standard InChI is InChI=1S/C10H10N6O2/c1-7(9(17,3-11)4-12)15-16-8(2)10(18,5-13)6-14/h7-8,17-18H,1-2H3. The SMILES string of the molecule is CC(N=NC(C)C(O)(C#N)C#N)C(O)(C#N)C#N. The molecular formula is C10H10N6O2. The Morgan fingerprint density at radius 3 is 1.17 bits per heavy atom. The molecule has 2 unspecified atom stereocenters. The molecule has 0 rings (SSSR count). The van der Waals surface area contributed by atoms with Crippen molar-refractivity contribution in [3.63, 3.8) is 0 Å². The highest BCUT2D eigenvalue weighted by atomic mass is 16.3. The van der Waals surface area contributed by atoms with E-state index in [0.717, 1.165) is 0 Å². The summed E-state index contributed by atoms with van der Waals surface area (Å²) in [7, 11) is 0.